The van der Waals surface area contributed by atoms with Crippen molar-refractivity contribution in [3.05, 3.63) is 95.6 Å². The van der Waals surface area contributed by atoms with Crippen LogP contribution in [0.15, 0.2) is 78.9 Å². The van der Waals surface area contributed by atoms with Crippen LogP contribution < -0.4 is 5.32 Å². The van der Waals surface area contributed by atoms with E-state index in [2.05, 4.69) is 41.7 Å². The lowest BCUT2D eigenvalue weighted by molar-refractivity contribution is -0.142. The van der Waals surface area contributed by atoms with Crippen molar-refractivity contribution in [3.8, 4) is 11.1 Å². The lowest BCUT2D eigenvalue weighted by atomic mass is 9.98. The van der Waals surface area contributed by atoms with E-state index < -0.39 is 0 Å². The fourth-order valence-electron chi connectivity index (χ4n) is 3.57. The van der Waals surface area contributed by atoms with Gasteiger partial charge in [0.05, 0.1) is 6.54 Å². The van der Waals surface area contributed by atoms with Crippen LogP contribution in [0.4, 0.5) is 0 Å². The highest BCUT2D eigenvalue weighted by Crippen LogP contribution is 2.44. The number of rotatable bonds is 6. The number of carbonyl (C=O) groups is 1. The van der Waals surface area contributed by atoms with E-state index in [9.17, 15) is 4.79 Å². The largest absolute Gasteiger partial charge is 0.464 e. The molecule has 0 bridgehead atoms. The van der Waals surface area contributed by atoms with Crippen LogP contribution in [0.2, 0.25) is 0 Å². The van der Waals surface area contributed by atoms with E-state index in [1.165, 1.54) is 22.3 Å². The molecular formula is C23H21NO2. The normalized spacial score (nSPS) is 12.5. The second kappa shape index (κ2) is 7.54. The van der Waals surface area contributed by atoms with Crippen molar-refractivity contribution in [1.82, 2.24) is 5.32 Å². The zero-order valence-corrected chi connectivity index (χ0v) is 14.5. The molecule has 3 heteroatoms. The summed E-state index contributed by atoms with van der Waals surface area (Å²) in [7, 11) is 0. The molecule has 0 heterocycles. The minimum Gasteiger partial charge on any atom is -0.464 e. The van der Waals surface area contributed by atoms with E-state index in [0.717, 1.165) is 5.56 Å². The zero-order valence-electron chi connectivity index (χ0n) is 14.5. The first-order valence-electron chi connectivity index (χ1n) is 8.91. The van der Waals surface area contributed by atoms with Gasteiger partial charge in [0.25, 0.3) is 0 Å². The first-order valence-corrected chi connectivity index (χ1v) is 8.91. The van der Waals surface area contributed by atoms with Gasteiger partial charge in [0.15, 0.2) is 0 Å². The predicted molar refractivity (Wildman–Crippen MR) is 103 cm³/mol. The van der Waals surface area contributed by atoms with Crippen LogP contribution in [0.1, 0.15) is 22.6 Å². The minimum absolute atomic E-state index is 0.112. The maximum Gasteiger partial charge on any atom is 0.319 e. The van der Waals surface area contributed by atoms with Gasteiger partial charge >= 0.3 is 5.97 Å². The first kappa shape index (κ1) is 16.6. The van der Waals surface area contributed by atoms with Gasteiger partial charge in [0, 0.05) is 12.5 Å². The molecule has 0 amide bonds. The van der Waals surface area contributed by atoms with Crippen molar-refractivity contribution in [3.63, 3.8) is 0 Å². The molecule has 0 saturated carbocycles. The number of nitrogens with one attached hydrogen (secondary N) is 1. The number of esters is 1. The molecule has 0 atom stereocenters. The van der Waals surface area contributed by atoms with Crippen molar-refractivity contribution < 1.29 is 9.53 Å². The van der Waals surface area contributed by atoms with E-state index in [4.69, 9.17) is 4.74 Å². The minimum atomic E-state index is -0.220. The average Bonchev–Trinajstić information content (AvgIpc) is 3.01. The number of ether oxygens (including phenoxy) is 1. The van der Waals surface area contributed by atoms with Crippen LogP contribution in [-0.2, 0) is 16.1 Å². The first-order chi connectivity index (χ1) is 12.8. The molecule has 3 aromatic carbocycles. The molecular weight excluding hydrogens is 322 g/mol. The topological polar surface area (TPSA) is 38.3 Å². The Bertz CT molecular complexity index is 859. The highest BCUT2D eigenvalue weighted by atomic mass is 16.5. The molecule has 0 fully saturated rings. The molecule has 0 radical (unpaired) electrons. The standard InChI is InChI=1S/C23H21NO2/c25-23(15-24-14-17-8-2-1-3-9-17)26-16-22-20-12-6-4-10-18(20)19-11-5-7-13-21(19)22/h1-13,22,24H,14-16H2. The van der Waals surface area contributed by atoms with Gasteiger partial charge in [-0.15, -0.1) is 0 Å². The highest BCUT2D eigenvalue weighted by Gasteiger charge is 2.28. The van der Waals surface area contributed by atoms with E-state index in [1.807, 2.05) is 42.5 Å². The van der Waals surface area contributed by atoms with Crippen LogP contribution in [0.5, 0.6) is 0 Å². The van der Waals surface area contributed by atoms with Crippen molar-refractivity contribution in [2.24, 2.45) is 0 Å². The van der Waals surface area contributed by atoms with Crippen molar-refractivity contribution >= 4 is 5.97 Å². The van der Waals surface area contributed by atoms with Gasteiger partial charge in [-0.1, -0.05) is 78.9 Å². The Morgan fingerprint density at radius 2 is 1.38 bits per heavy atom. The monoisotopic (exact) mass is 343 g/mol. The zero-order chi connectivity index (χ0) is 17.8. The highest BCUT2D eigenvalue weighted by molar-refractivity contribution is 5.79. The molecule has 3 nitrogen and oxygen atoms in total. The molecule has 0 unspecified atom stereocenters. The van der Waals surface area contributed by atoms with Crippen molar-refractivity contribution in [1.29, 1.82) is 0 Å². The van der Waals surface area contributed by atoms with Gasteiger partial charge in [-0.05, 0) is 27.8 Å². The van der Waals surface area contributed by atoms with Gasteiger partial charge in [-0.3, -0.25) is 4.79 Å². The lowest BCUT2D eigenvalue weighted by Crippen LogP contribution is -2.25. The van der Waals surface area contributed by atoms with Gasteiger partial charge in [0.2, 0.25) is 0 Å². The summed E-state index contributed by atoms with van der Waals surface area (Å²) in [6.45, 7) is 1.25. The maximum atomic E-state index is 12.1. The Morgan fingerprint density at radius 1 is 0.808 bits per heavy atom. The van der Waals surface area contributed by atoms with Gasteiger partial charge in [-0.25, -0.2) is 0 Å². The second-order valence-corrected chi connectivity index (χ2v) is 6.50. The van der Waals surface area contributed by atoms with Crippen molar-refractivity contribution in [2.75, 3.05) is 13.2 Å². The average molecular weight is 343 g/mol. The maximum absolute atomic E-state index is 12.1. The molecule has 0 saturated heterocycles. The van der Waals surface area contributed by atoms with E-state index >= 15 is 0 Å². The number of hydrogen-bond acceptors (Lipinski definition) is 3. The summed E-state index contributed by atoms with van der Waals surface area (Å²) in [5.41, 5.74) is 6.11. The van der Waals surface area contributed by atoms with E-state index in [-0.39, 0.29) is 18.4 Å². The molecule has 4 rings (SSSR count). The summed E-state index contributed by atoms with van der Waals surface area (Å²) in [6.07, 6.45) is 0. The summed E-state index contributed by atoms with van der Waals surface area (Å²) in [5.74, 6) is -0.108. The molecule has 130 valence electrons. The summed E-state index contributed by atoms with van der Waals surface area (Å²) in [5, 5.41) is 3.14. The fraction of sp³-hybridized carbons (Fsp3) is 0.174. The van der Waals surface area contributed by atoms with Crippen LogP contribution in [0.25, 0.3) is 11.1 Å². The molecule has 0 spiro atoms. The Hall–Kier alpha value is -2.91. The van der Waals surface area contributed by atoms with Crippen molar-refractivity contribution in [2.45, 2.75) is 12.5 Å². The van der Waals surface area contributed by atoms with E-state index in [0.29, 0.717) is 13.2 Å². The second-order valence-electron chi connectivity index (χ2n) is 6.50. The smallest absolute Gasteiger partial charge is 0.319 e. The third-order valence-corrected chi connectivity index (χ3v) is 4.81. The Balaban J connectivity index is 1.36. The Morgan fingerprint density at radius 3 is 2.04 bits per heavy atom. The Labute approximate surface area is 153 Å². The number of hydrogen-bond donors (Lipinski definition) is 1. The number of benzene rings is 3. The third kappa shape index (κ3) is 3.39. The molecule has 0 aliphatic heterocycles. The van der Waals surface area contributed by atoms with Crippen LogP contribution in [-0.4, -0.2) is 19.1 Å². The van der Waals surface area contributed by atoms with Gasteiger partial charge in [-0.2, -0.15) is 0 Å². The number of carbonyl (C=O) groups excluding carboxylic acids is 1. The quantitative estimate of drug-likeness (QED) is 0.684. The lowest BCUT2D eigenvalue weighted by Gasteiger charge is -2.14. The van der Waals surface area contributed by atoms with Crippen LogP contribution in [0.3, 0.4) is 0 Å². The van der Waals surface area contributed by atoms with Crippen LogP contribution >= 0.6 is 0 Å². The Kier molecular flexibility index (Phi) is 4.80. The fourth-order valence-corrected chi connectivity index (χ4v) is 3.57. The molecule has 1 N–H and O–H groups in total. The third-order valence-electron chi connectivity index (χ3n) is 4.81. The van der Waals surface area contributed by atoms with Gasteiger partial charge in [0.1, 0.15) is 6.61 Å². The molecule has 3 aromatic rings. The van der Waals surface area contributed by atoms with Gasteiger partial charge < -0.3 is 10.1 Å². The summed E-state index contributed by atoms with van der Waals surface area (Å²) in [6, 6.07) is 26.7. The summed E-state index contributed by atoms with van der Waals surface area (Å²) >= 11 is 0. The molecule has 26 heavy (non-hydrogen) atoms. The van der Waals surface area contributed by atoms with Crippen LogP contribution in [0, 0.1) is 0 Å². The summed E-state index contributed by atoms with van der Waals surface area (Å²) < 4.78 is 5.58. The summed E-state index contributed by atoms with van der Waals surface area (Å²) in [4.78, 5) is 12.1. The molecule has 1 aliphatic rings. The SMILES string of the molecule is O=C(CNCc1ccccc1)OCC1c2ccccc2-c2ccccc21. The van der Waals surface area contributed by atoms with E-state index in [1.54, 1.807) is 0 Å². The molecule has 0 aromatic heterocycles. The number of fused-ring (bicyclic) bond motifs is 3. The predicted octanol–water partition coefficient (Wildman–Crippen LogP) is 4.13. The molecule has 1 aliphatic carbocycles.